The second kappa shape index (κ2) is 7.08. The van der Waals surface area contributed by atoms with E-state index in [-0.39, 0.29) is 18.0 Å². The molecule has 3 rings (SSSR count). The van der Waals surface area contributed by atoms with Gasteiger partial charge in [-0.15, -0.1) is 0 Å². The fraction of sp³-hybridized carbons (Fsp3) is 0.533. The highest BCUT2D eigenvalue weighted by Gasteiger charge is 2.28. The summed E-state index contributed by atoms with van der Waals surface area (Å²) in [5, 5.41) is 10.1. The fourth-order valence-electron chi connectivity index (χ4n) is 3.03. The zero-order valence-electron chi connectivity index (χ0n) is 13.8. The number of urea groups is 1. The molecule has 1 unspecified atom stereocenters. The molecule has 24 heavy (non-hydrogen) atoms. The third kappa shape index (κ3) is 3.45. The second-order valence-electron chi connectivity index (χ2n) is 6.16. The van der Waals surface area contributed by atoms with Crippen molar-refractivity contribution in [3.63, 3.8) is 0 Å². The highest BCUT2D eigenvalue weighted by Crippen LogP contribution is 2.27. The number of nitrogens with one attached hydrogen (secondary N) is 2. The van der Waals surface area contributed by atoms with E-state index in [2.05, 4.69) is 39.3 Å². The third-order valence-electron chi connectivity index (χ3n) is 4.14. The van der Waals surface area contributed by atoms with Crippen LogP contribution in [0.25, 0.3) is 0 Å². The molecule has 8 nitrogen and oxygen atoms in total. The van der Waals surface area contributed by atoms with E-state index < -0.39 is 0 Å². The Bertz CT molecular complexity index is 755. The SMILES string of the molecule is CC(C)n1c(C2CCCN(C(=O)Nc3ccncn3)C2)n[nH]c1=S. The molecular weight excluding hydrogens is 326 g/mol. The maximum Gasteiger partial charge on any atom is 0.323 e. The number of nitrogens with zero attached hydrogens (tertiary/aromatic N) is 5. The number of carbonyl (C=O) groups excluding carboxylic acids is 1. The molecule has 2 N–H and O–H groups in total. The lowest BCUT2D eigenvalue weighted by molar-refractivity contribution is 0.190. The lowest BCUT2D eigenvalue weighted by Gasteiger charge is -2.32. The van der Waals surface area contributed by atoms with Gasteiger partial charge < -0.3 is 9.47 Å². The number of H-pyrrole nitrogens is 1. The fourth-order valence-corrected chi connectivity index (χ4v) is 3.38. The number of hydrogen-bond acceptors (Lipinski definition) is 5. The standard InChI is InChI=1S/C15H21N7OS/c1-10(2)22-13(19-20-15(22)24)11-4-3-7-21(8-11)14(23)18-12-5-6-16-9-17-12/h5-6,9-11H,3-4,7-8H2,1-2H3,(H,20,24)(H,16,17,18,23). The molecule has 2 amide bonds. The van der Waals surface area contributed by atoms with Crippen molar-refractivity contribution in [3.8, 4) is 0 Å². The van der Waals surface area contributed by atoms with Gasteiger partial charge in [-0.2, -0.15) is 5.10 Å². The molecule has 0 bridgehead atoms. The normalized spacial score (nSPS) is 18.0. The Balaban J connectivity index is 1.73. The lowest BCUT2D eigenvalue weighted by Crippen LogP contribution is -2.42. The van der Waals surface area contributed by atoms with Crippen molar-refractivity contribution in [2.75, 3.05) is 18.4 Å². The van der Waals surface area contributed by atoms with Crippen molar-refractivity contribution in [1.29, 1.82) is 0 Å². The van der Waals surface area contributed by atoms with Crippen LogP contribution in [-0.2, 0) is 0 Å². The molecule has 2 aromatic heterocycles. The van der Waals surface area contributed by atoms with Crippen LogP contribution in [-0.4, -0.2) is 48.8 Å². The van der Waals surface area contributed by atoms with Gasteiger partial charge in [0.1, 0.15) is 18.0 Å². The predicted octanol–water partition coefficient (Wildman–Crippen LogP) is 2.72. The summed E-state index contributed by atoms with van der Waals surface area (Å²) in [6, 6.07) is 1.75. The number of amides is 2. The van der Waals surface area contributed by atoms with Gasteiger partial charge >= 0.3 is 6.03 Å². The van der Waals surface area contributed by atoms with E-state index in [1.165, 1.54) is 6.33 Å². The lowest BCUT2D eigenvalue weighted by atomic mass is 9.97. The number of carbonyl (C=O) groups is 1. The second-order valence-corrected chi connectivity index (χ2v) is 6.55. The third-order valence-corrected chi connectivity index (χ3v) is 4.43. The van der Waals surface area contributed by atoms with Crippen LogP contribution in [0.2, 0.25) is 0 Å². The maximum atomic E-state index is 12.5. The highest BCUT2D eigenvalue weighted by atomic mass is 32.1. The van der Waals surface area contributed by atoms with Gasteiger partial charge in [0.15, 0.2) is 4.77 Å². The Kier molecular flexibility index (Phi) is 4.89. The summed E-state index contributed by atoms with van der Waals surface area (Å²) in [5.74, 6) is 1.60. The maximum absolute atomic E-state index is 12.5. The quantitative estimate of drug-likeness (QED) is 0.833. The van der Waals surface area contributed by atoms with Crippen molar-refractivity contribution >= 4 is 24.1 Å². The largest absolute Gasteiger partial charge is 0.324 e. The number of aromatic amines is 1. The number of rotatable bonds is 3. The summed E-state index contributed by atoms with van der Waals surface area (Å²) in [7, 11) is 0. The van der Waals surface area contributed by atoms with Crippen LogP contribution in [0.5, 0.6) is 0 Å². The first-order chi connectivity index (χ1) is 11.6. The molecule has 1 fully saturated rings. The van der Waals surface area contributed by atoms with Crippen molar-refractivity contribution in [3.05, 3.63) is 29.2 Å². The summed E-state index contributed by atoms with van der Waals surface area (Å²) >= 11 is 5.32. The van der Waals surface area contributed by atoms with Gasteiger partial charge in [0.2, 0.25) is 0 Å². The highest BCUT2D eigenvalue weighted by molar-refractivity contribution is 7.71. The Morgan fingerprint density at radius 2 is 2.33 bits per heavy atom. The molecule has 0 aromatic carbocycles. The van der Waals surface area contributed by atoms with Crippen molar-refractivity contribution in [2.45, 2.75) is 38.6 Å². The monoisotopic (exact) mass is 347 g/mol. The molecule has 0 spiro atoms. The molecule has 1 aliphatic rings. The molecule has 0 saturated carbocycles. The van der Waals surface area contributed by atoms with Gasteiger partial charge in [-0.1, -0.05) is 0 Å². The molecule has 0 aliphatic carbocycles. The predicted molar refractivity (Wildman–Crippen MR) is 92.4 cm³/mol. The number of piperidine rings is 1. The zero-order chi connectivity index (χ0) is 17.1. The zero-order valence-corrected chi connectivity index (χ0v) is 14.6. The van der Waals surface area contributed by atoms with Crippen LogP contribution in [0.3, 0.4) is 0 Å². The minimum Gasteiger partial charge on any atom is -0.324 e. The summed E-state index contributed by atoms with van der Waals surface area (Å²) in [4.78, 5) is 22.1. The van der Waals surface area contributed by atoms with E-state index in [4.69, 9.17) is 12.2 Å². The molecule has 3 heterocycles. The van der Waals surface area contributed by atoms with Crippen LogP contribution in [0.15, 0.2) is 18.6 Å². The van der Waals surface area contributed by atoms with E-state index in [0.717, 1.165) is 25.2 Å². The smallest absolute Gasteiger partial charge is 0.323 e. The summed E-state index contributed by atoms with van der Waals surface area (Å²) < 4.78 is 2.66. The van der Waals surface area contributed by atoms with Crippen molar-refractivity contribution in [1.82, 2.24) is 29.6 Å². The van der Waals surface area contributed by atoms with Crippen LogP contribution in [0.1, 0.15) is 44.5 Å². The topological polar surface area (TPSA) is 91.7 Å². The molecule has 1 atom stereocenters. The average molecular weight is 347 g/mol. The van der Waals surface area contributed by atoms with Gasteiger partial charge in [0.25, 0.3) is 0 Å². The summed E-state index contributed by atoms with van der Waals surface area (Å²) in [6.45, 7) is 5.50. The summed E-state index contributed by atoms with van der Waals surface area (Å²) in [5.41, 5.74) is 0. The van der Waals surface area contributed by atoms with Gasteiger partial charge in [-0.25, -0.2) is 14.8 Å². The Hall–Kier alpha value is -2.29. The number of likely N-dealkylation sites (tertiary alicyclic amines) is 1. The van der Waals surface area contributed by atoms with Gasteiger partial charge in [-0.3, -0.25) is 10.4 Å². The Morgan fingerprint density at radius 3 is 3.04 bits per heavy atom. The van der Waals surface area contributed by atoms with E-state index >= 15 is 0 Å². The van der Waals surface area contributed by atoms with Crippen LogP contribution in [0.4, 0.5) is 10.6 Å². The van der Waals surface area contributed by atoms with Crippen LogP contribution < -0.4 is 5.32 Å². The summed E-state index contributed by atoms with van der Waals surface area (Å²) in [6.07, 6.45) is 4.93. The van der Waals surface area contributed by atoms with Crippen molar-refractivity contribution < 1.29 is 4.79 Å². The molecule has 0 radical (unpaired) electrons. The average Bonchev–Trinajstić information content (AvgIpc) is 2.98. The minimum absolute atomic E-state index is 0.149. The van der Waals surface area contributed by atoms with E-state index in [9.17, 15) is 4.79 Å². The minimum atomic E-state index is -0.149. The van der Waals surface area contributed by atoms with E-state index in [1.807, 2.05) is 4.57 Å². The molecule has 9 heteroatoms. The van der Waals surface area contributed by atoms with Gasteiger partial charge in [0, 0.05) is 31.2 Å². The van der Waals surface area contributed by atoms with Gasteiger partial charge in [0.05, 0.1) is 0 Å². The Labute approximate surface area is 145 Å². The first kappa shape index (κ1) is 16.6. The number of hydrogen-bond donors (Lipinski definition) is 2. The van der Waals surface area contributed by atoms with Crippen molar-refractivity contribution in [2.24, 2.45) is 0 Å². The molecule has 1 aliphatic heterocycles. The molecule has 2 aromatic rings. The van der Waals surface area contributed by atoms with E-state index in [0.29, 0.717) is 17.1 Å². The first-order valence-corrected chi connectivity index (χ1v) is 8.46. The Morgan fingerprint density at radius 1 is 1.50 bits per heavy atom. The van der Waals surface area contributed by atoms with Crippen LogP contribution >= 0.6 is 12.2 Å². The number of anilines is 1. The van der Waals surface area contributed by atoms with Crippen LogP contribution in [0, 0.1) is 4.77 Å². The molecular formula is C15H21N7OS. The molecule has 1 saturated heterocycles. The first-order valence-electron chi connectivity index (χ1n) is 8.05. The molecule has 128 valence electrons. The van der Waals surface area contributed by atoms with Gasteiger partial charge in [-0.05, 0) is 45.0 Å². The van der Waals surface area contributed by atoms with E-state index in [1.54, 1.807) is 17.2 Å². The number of aromatic nitrogens is 5.